The molecule has 1 amide bonds. The molecule has 22 heavy (non-hydrogen) atoms. The number of primary amides is 1. The van der Waals surface area contributed by atoms with Crippen molar-refractivity contribution in [2.75, 3.05) is 0 Å². The summed E-state index contributed by atoms with van der Waals surface area (Å²) >= 11 is 0. The van der Waals surface area contributed by atoms with Crippen molar-refractivity contribution in [2.45, 2.75) is 0 Å². The van der Waals surface area contributed by atoms with E-state index in [2.05, 4.69) is 5.10 Å². The van der Waals surface area contributed by atoms with E-state index in [1.807, 2.05) is 37.5 Å². The summed E-state index contributed by atoms with van der Waals surface area (Å²) in [5.41, 5.74) is 13.6. The van der Waals surface area contributed by atoms with E-state index in [1.165, 1.54) is 0 Å². The molecule has 3 rings (SSSR count). The number of nitrogens with two attached hydrogens (primary N) is 2. The number of benzene rings is 2. The highest BCUT2D eigenvalue weighted by Gasteiger charge is 2.16. The summed E-state index contributed by atoms with van der Waals surface area (Å²) in [4.78, 5) is 11.6. The number of carbonyl (C=O) groups is 1. The fraction of sp³-hybridized carbons (Fsp3) is 0.0625. The van der Waals surface area contributed by atoms with E-state index >= 15 is 0 Å². The number of rotatable bonds is 3. The van der Waals surface area contributed by atoms with E-state index in [0.717, 1.165) is 21.9 Å². The van der Waals surface area contributed by atoms with Gasteiger partial charge in [-0.15, -0.1) is 0 Å². The Morgan fingerprint density at radius 1 is 1.18 bits per heavy atom. The molecule has 0 aliphatic rings. The Bertz CT molecular complexity index is 910. The Kier molecular flexibility index (Phi) is 3.14. The van der Waals surface area contributed by atoms with E-state index in [4.69, 9.17) is 16.9 Å². The monoisotopic (exact) mass is 293 g/mol. The van der Waals surface area contributed by atoms with Crippen molar-refractivity contribution in [2.24, 2.45) is 18.5 Å². The van der Waals surface area contributed by atoms with Crippen LogP contribution >= 0.6 is 0 Å². The normalized spacial score (nSPS) is 10.8. The number of nitrogen functional groups attached to an aromatic ring is 1. The van der Waals surface area contributed by atoms with Crippen molar-refractivity contribution < 1.29 is 4.79 Å². The van der Waals surface area contributed by atoms with Gasteiger partial charge >= 0.3 is 0 Å². The summed E-state index contributed by atoms with van der Waals surface area (Å²) in [5, 5.41) is 13.6. The average molecular weight is 293 g/mol. The van der Waals surface area contributed by atoms with Crippen molar-refractivity contribution >= 4 is 22.5 Å². The third-order valence-corrected chi connectivity index (χ3v) is 3.61. The summed E-state index contributed by atoms with van der Waals surface area (Å²) in [6.45, 7) is 0. The van der Waals surface area contributed by atoms with Crippen LogP contribution in [0.5, 0.6) is 0 Å². The lowest BCUT2D eigenvalue weighted by Gasteiger charge is -2.12. The van der Waals surface area contributed by atoms with E-state index in [-0.39, 0.29) is 11.4 Å². The minimum atomic E-state index is -0.598. The highest BCUT2D eigenvalue weighted by Crippen LogP contribution is 2.31. The number of fused-ring (bicyclic) bond motifs is 1. The minimum Gasteiger partial charge on any atom is -0.384 e. The molecule has 0 bridgehead atoms. The van der Waals surface area contributed by atoms with Gasteiger partial charge in [0.15, 0.2) is 0 Å². The van der Waals surface area contributed by atoms with E-state index in [1.54, 1.807) is 16.9 Å². The van der Waals surface area contributed by atoms with Crippen molar-refractivity contribution in [1.29, 1.82) is 5.41 Å². The number of aryl methyl sites for hydroxylation is 1. The highest BCUT2D eigenvalue weighted by molar-refractivity contribution is 6.17. The molecule has 0 fully saturated rings. The SMILES string of the molecule is Cn1cc(-c2cccc3c(C(=N)N)c(C(N)=O)ccc23)cn1. The van der Waals surface area contributed by atoms with Gasteiger partial charge in [-0.3, -0.25) is 14.9 Å². The number of nitrogens with one attached hydrogen (secondary N) is 1. The van der Waals surface area contributed by atoms with E-state index in [9.17, 15) is 4.79 Å². The topological polar surface area (TPSA) is 111 Å². The molecule has 0 radical (unpaired) electrons. The average Bonchev–Trinajstić information content (AvgIpc) is 2.91. The fourth-order valence-electron chi connectivity index (χ4n) is 2.67. The van der Waals surface area contributed by atoms with Gasteiger partial charge in [0.2, 0.25) is 5.91 Å². The Balaban J connectivity index is 2.38. The first-order valence-electron chi connectivity index (χ1n) is 6.68. The van der Waals surface area contributed by atoms with Crippen molar-refractivity contribution in [3.8, 4) is 11.1 Å². The van der Waals surface area contributed by atoms with Crippen LogP contribution in [0.2, 0.25) is 0 Å². The lowest BCUT2D eigenvalue weighted by Crippen LogP contribution is -2.21. The summed E-state index contributed by atoms with van der Waals surface area (Å²) in [7, 11) is 1.85. The summed E-state index contributed by atoms with van der Waals surface area (Å²) in [6.07, 6.45) is 3.68. The van der Waals surface area contributed by atoms with Gasteiger partial charge in [0.25, 0.3) is 0 Å². The summed E-state index contributed by atoms with van der Waals surface area (Å²) in [5.74, 6) is -0.776. The lowest BCUT2D eigenvalue weighted by molar-refractivity contribution is 0.1000. The molecule has 1 heterocycles. The second kappa shape index (κ2) is 5.00. The maximum Gasteiger partial charge on any atom is 0.249 e. The van der Waals surface area contributed by atoms with Crippen LogP contribution in [0.15, 0.2) is 42.7 Å². The van der Waals surface area contributed by atoms with Gasteiger partial charge in [-0.2, -0.15) is 5.10 Å². The molecule has 0 spiro atoms. The maximum absolute atomic E-state index is 11.6. The zero-order chi connectivity index (χ0) is 15.9. The fourth-order valence-corrected chi connectivity index (χ4v) is 2.67. The lowest BCUT2D eigenvalue weighted by atomic mass is 9.93. The summed E-state index contributed by atoms with van der Waals surface area (Å²) < 4.78 is 1.72. The molecule has 0 atom stereocenters. The van der Waals surface area contributed by atoms with Crippen LogP contribution in [0.4, 0.5) is 0 Å². The maximum atomic E-state index is 11.6. The molecule has 2 aromatic carbocycles. The van der Waals surface area contributed by atoms with Gasteiger partial charge in [0.1, 0.15) is 5.84 Å². The molecule has 0 unspecified atom stereocenters. The first-order valence-corrected chi connectivity index (χ1v) is 6.68. The Hall–Kier alpha value is -3.15. The Labute approximate surface area is 126 Å². The van der Waals surface area contributed by atoms with Crippen LogP contribution in [-0.2, 0) is 7.05 Å². The molecule has 6 heteroatoms. The Morgan fingerprint density at radius 3 is 2.55 bits per heavy atom. The third-order valence-electron chi connectivity index (χ3n) is 3.61. The zero-order valence-corrected chi connectivity index (χ0v) is 12.0. The minimum absolute atomic E-state index is 0.178. The van der Waals surface area contributed by atoms with Crippen LogP contribution in [0.1, 0.15) is 15.9 Å². The smallest absolute Gasteiger partial charge is 0.249 e. The molecule has 0 saturated heterocycles. The predicted octanol–water partition coefficient (Wildman–Crippen LogP) is 1.62. The van der Waals surface area contributed by atoms with Gasteiger partial charge in [0.05, 0.1) is 11.8 Å². The molecule has 0 aliphatic heterocycles. The molecule has 1 aromatic heterocycles. The van der Waals surface area contributed by atoms with Crippen LogP contribution in [0, 0.1) is 5.41 Å². The first kappa shape index (κ1) is 13.8. The largest absolute Gasteiger partial charge is 0.384 e. The predicted molar refractivity (Wildman–Crippen MR) is 85.7 cm³/mol. The molecule has 3 aromatic rings. The number of amidine groups is 1. The van der Waals surface area contributed by atoms with Crippen molar-refractivity contribution in [3.05, 3.63) is 53.9 Å². The number of hydrogen-bond acceptors (Lipinski definition) is 3. The van der Waals surface area contributed by atoms with Crippen molar-refractivity contribution in [1.82, 2.24) is 9.78 Å². The molecular formula is C16H15N5O. The van der Waals surface area contributed by atoms with Crippen LogP contribution in [-0.4, -0.2) is 21.5 Å². The molecule has 6 nitrogen and oxygen atoms in total. The van der Waals surface area contributed by atoms with Gasteiger partial charge in [-0.05, 0) is 22.4 Å². The quantitative estimate of drug-likeness (QED) is 0.504. The van der Waals surface area contributed by atoms with E-state index < -0.39 is 5.91 Å². The number of amides is 1. The van der Waals surface area contributed by atoms with Crippen LogP contribution in [0.3, 0.4) is 0 Å². The highest BCUT2D eigenvalue weighted by atomic mass is 16.1. The number of nitrogens with zero attached hydrogens (tertiary/aromatic N) is 2. The van der Waals surface area contributed by atoms with Crippen LogP contribution in [0.25, 0.3) is 21.9 Å². The molecule has 0 saturated carbocycles. The van der Waals surface area contributed by atoms with Crippen molar-refractivity contribution in [3.63, 3.8) is 0 Å². The second-order valence-corrected chi connectivity index (χ2v) is 5.07. The number of aromatic nitrogens is 2. The molecular weight excluding hydrogens is 278 g/mol. The van der Waals surface area contributed by atoms with Gasteiger partial charge in [-0.25, -0.2) is 0 Å². The van der Waals surface area contributed by atoms with Crippen LogP contribution < -0.4 is 11.5 Å². The molecule has 0 aliphatic carbocycles. The molecule has 110 valence electrons. The number of hydrogen-bond donors (Lipinski definition) is 3. The second-order valence-electron chi connectivity index (χ2n) is 5.07. The summed E-state index contributed by atoms with van der Waals surface area (Å²) in [6, 6.07) is 9.10. The molecule has 5 N–H and O–H groups in total. The van der Waals surface area contributed by atoms with E-state index in [0.29, 0.717) is 5.56 Å². The number of carbonyl (C=O) groups excluding carboxylic acids is 1. The third kappa shape index (κ3) is 2.10. The van der Waals surface area contributed by atoms with Gasteiger partial charge in [0, 0.05) is 24.4 Å². The van der Waals surface area contributed by atoms with Gasteiger partial charge in [-0.1, -0.05) is 24.3 Å². The standard InChI is InChI=1S/C16H15N5O/c1-21-8-9(7-20-21)10-3-2-4-12-11(10)5-6-13(16(19)22)14(12)15(17)18/h2-8H,1H3,(H3,17,18)(H2,19,22). The first-order chi connectivity index (χ1) is 10.5. The zero-order valence-electron chi connectivity index (χ0n) is 12.0. The van der Waals surface area contributed by atoms with Gasteiger partial charge < -0.3 is 11.5 Å². The Morgan fingerprint density at radius 2 is 1.95 bits per heavy atom.